The maximum Gasteiger partial charge on any atom is 0.281 e. The number of ether oxygens (including phenoxy) is 1. The topological polar surface area (TPSA) is 47.6 Å². The second-order valence-electron chi connectivity index (χ2n) is 5.25. The van der Waals surface area contributed by atoms with Gasteiger partial charge in [-0.1, -0.05) is 39.8 Å². The number of carbonyl (C=O) groups excluding carboxylic acids is 1. The van der Waals surface area contributed by atoms with Crippen molar-refractivity contribution in [2.75, 3.05) is 13.2 Å². The number of hydroxylamine groups is 1. The molecule has 0 aliphatic heterocycles. The second kappa shape index (κ2) is 7.79. The molecule has 4 heteroatoms. The van der Waals surface area contributed by atoms with Crippen molar-refractivity contribution in [3.05, 3.63) is 29.8 Å². The summed E-state index contributed by atoms with van der Waals surface area (Å²) in [6, 6.07) is 7.77. The van der Waals surface area contributed by atoms with Crippen LogP contribution in [0.25, 0.3) is 0 Å². The summed E-state index contributed by atoms with van der Waals surface area (Å²) < 4.78 is 5.42. The van der Waals surface area contributed by atoms with Crippen LogP contribution in [0.5, 0.6) is 5.75 Å². The van der Waals surface area contributed by atoms with Gasteiger partial charge in [-0.05, 0) is 29.5 Å². The minimum Gasteiger partial charge on any atom is -0.484 e. The number of nitrogens with one attached hydrogen (secondary N) is 1. The van der Waals surface area contributed by atoms with E-state index in [2.05, 4.69) is 19.3 Å². The Balaban J connectivity index is 2.35. The first-order valence-corrected chi connectivity index (χ1v) is 6.62. The molecular formula is C15H23NO3. The summed E-state index contributed by atoms with van der Waals surface area (Å²) in [5, 5.41) is 0. The standard InChI is InChI=1S/C15H23NO3/c1-11(2)9-19-16-15(17)10-18-14-7-5-6-13(8-14)12(3)4/h5-8,11-12H,9-10H2,1-4H3,(H,16,17). The van der Waals surface area contributed by atoms with Gasteiger partial charge in [0.2, 0.25) is 0 Å². The lowest BCUT2D eigenvalue weighted by molar-refractivity contribution is -0.136. The molecule has 0 aromatic heterocycles. The summed E-state index contributed by atoms with van der Waals surface area (Å²) in [7, 11) is 0. The third kappa shape index (κ3) is 6.25. The predicted molar refractivity (Wildman–Crippen MR) is 75.0 cm³/mol. The first-order valence-electron chi connectivity index (χ1n) is 6.62. The van der Waals surface area contributed by atoms with Crippen molar-refractivity contribution in [1.82, 2.24) is 5.48 Å². The van der Waals surface area contributed by atoms with Crippen LogP contribution in [-0.2, 0) is 9.63 Å². The van der Waals surface area contributed by atoms with Crippen molar-refractivity contribution >= 4 is 5.91 Å². The summed E-state index contributed by atoms with van der Waals surface area (Å²) >= 11 is 0. The zero-order valence-electron chi connectivity index (χ0n) is 12.1. The van der Waals surface area contributed by atoms with Crippen LogP contribution in [0.2, 0.25) is 0 Å². The first kappa shape index (κ1) is 15.5. The molecule has 0 aliphatic carbocycles. The SMILES string of the molecule is CC(C)CONC(=O)COc1cccc(C(C)C)c1. The molecule has 0 aliphatic rings. The predicted octanol–water partition coefficient (Wildman–Crippen LogP) is 2.89. The van der Waals surface area contributed by atoms with Crippen LogP contribution in [0.1, 0.15) is 39.2 Å². The van der Waals surface area contributed by atoms with E-state index in [1.807, 2.05) is 38.1 Å². The van der Waals surface area contributed by atoms with Gasteiger partial charge in [0, 0.05) is 0 Å². The van der Waals surface area contributed by atoms with E-state index in [9.17, 15) is 4.79 Å². The highest BCUT2D eigenvalue weighted by Crippen LogP contribution is 2.19. The zero-order valence-corrected chi connectivity index (χ0v) is 12.1. The average Bonchev–Trinajstić information content (AvgIpc) is 2.36. The largest absolute Gasteiger partial charge is 0.484 e. The first-order chi connectivity index (χ1) is 8.99. The van der Waals surface area contributed by atoms with Crippen LogP contribution in [0.3, 0.4) is 0 Å². The van der Waals surface area contributed by atoms with E-state index in [1.165, 1.54) is 5.56 Å². The lowest BCUT2D eigenvalue weighted by Crippen LogP contribution is -2.30. The molecule has 1 amide bonds. The van der Waals surface area contributed by atoms with Crippen molar-refractivity contribution < 1.29 is 14.4 Å². The Morgan fingerprint density at radius 3 is 2.63 bits per heavy atom. The van der Waals surface area contributed by atoms with E-state index in [0.29, 0.717) is 24.2 Å². The Kier molecular flexibility index (Phi) is 6.36. The van der Waals surface area contributed by atoms with Crippen LogP contribution in [0.15, 0.2) is 24.3 Å². The van der Waals surface area contributed by atoms with Gasteiger partial charge in [-0.25, -0.2) is 5.48 Å². The monoisotopic (exact) mass is 265 g/mol. The van der Waals surface area contributed by atoms with E-state index in [0.717, 1.165) is 0 Å². The summed E-state index contributed by atoms with van der Waals surface area (Å²) in [5.74, 6) is 1.23. The molecular weight excluding hydrogens is 242 g/mol. The maximum atomic E-state index is 11.5. The van der Waals surface area contributed by atoms with Gasteiger partial charge < -0.3 is 4.74 Å². The van der Waals surface area contributed by atoms with Crippen molar-refractivity contribution in [3.8, 4) is 5.75 Å². The Bertz CT molecular complexity index is 402. The highest BCUT2D eigenvalue weighted by Gasteiger charge is 2.05. The molecule has 0 heterocycles. The fourth-order valence-corrected chi connectivity index (χ4v) is 1.43. The maximum absolute atomic E-state index is 11.5. The summed E-state index contributed by atoms with van der Waals surface area (Å²) in [4.78, 5) is 16.5. The molecule has 0 bridgehead atoms. The molecule has 106 valence electrons. The molecule has 1 N–H and O–H groups in total. The van der Waals surface area contributed by atoms with Gasteiger partial charge >= 0.3 is 0 Å². The number of carbonyl (C=O) groups is 1. The molecule has 0 radical (unpaired) electrons. The molecule has 0 spiro atoms. The van der Waals surface area contributed by atoms with Crippen molar-refractivity contribution in [2.24, 2.45) is 5.92 Å². The van der Waals surface area contributed by atoms with Gasteiger partial charge in [-0.3, -0.25) is 9.63 Å². The third-order valence-electron chi connectivity index (χ3n) is 2.50. The molecule has 0 saturated carbocycles. The quantitative estimate of drug-likeness (QED) is 0.771. The number of benzene rings is 1. The highest BCUT2D eigenvalue weighted by atomic mass is 16.7. The Hall–Kier alpha value is -1.55. The van der Waals surface area contributed by atoms with Crippen molar-refractivity contribution in [3.63, 3.8) is 0 Å². The lowest BCUT2D eigenvalue weighted by atomic mass is 10.0. The average molecular weight is 265 g/mol. The second-order valence-corrected chi connectivity index (χ2v) is 5.25. The van der Waals surface area contributed by atoms with E-state index < -0.39 is 0 Å². The van der Waals surface area contributed by atoms with Gasteiger partial charge in [0.25, 0.3) is 5.91 Å². The van der Waals surface area contributed by atoms with Crippen LogP contribution >= 0.6 is 0 Å². The van der Waals surface area contributed by atoms with Crippen LogP contribution in [0, 0.1) is 5.92 Å². The summed E-state index contributed by atoms with van der Waals surface area (Å²) in [5.41, 5.74) is 3.55. The van der Waals surface area contributed by atoms with Gasteiger partial charge in [0.05, 0.1) is 6.61 Å². The molecule has 4 nitrogen and oxygen atoms in total. The van der Waals surface area contributed by atoms with E-state index in [-0.39, 0.29) is 12.5 Å². The minimum absolute atomic E-state index is 0.0420. The molecule has 0 unspecified atom stereocenters. The summed E-state index contributed by atoms with van der Waals surface area (Å²) in [6.07, 6.45) is 0. The molecule has 0 atom stereocenters. The van der Waals surface area contributed by atoms with Gasteiger partial charge in [-0.15, -0.1) is 0 Å². The van der Waals surface area contributed by atoms with E-state index in [1.54, 1.807) is 0 Å². The third-order valence-corrected chi connectivity index (χ3v) is 2.50. The molecule has 1 rings (SSSR count). The van der Waals surface area contributed by atoms with E-state index in [4.69, 9.17) is 9.57 Å². The molecule has 0 saturated heterocycles. The summed E-state index contributed by atoms with van der Waals surface area (Å²) in [6.45, 7) is 8.71. The highest BCUT2D eigenvalue weighted by molar-refractivity contribution is 5.76. The van der Waals surface area contributed by atoms with Crippen LogP contribution in [0.4, 0.5) is 0 Å². The molecule has 0 fully saturated rings. The van der Waals surface area contributed by atoms with Crippen molar-refractivity contribution in [2.45, 2.75) is 33.6 Å². The van der Waals surface area contributed by atoms with Crippen LogP contribution in [-0.4, -0.2) is 19.1 Å². The lowest BCUT2D eigenvalue weighted by Gasteiger charge is -2.11. The van der Waals surface area contributed by atoms with E-state index >= 15 is 0 Å². The van der Waals surface area contributed by atoms with Gasteiger partial charge in [-0.2, -0.15) is 0 Å². The molecule has 1 aromatic rings. The minimum atomic E-state index is -0.282. The smallest absolute Gasteiger partial charge is 0.281 e. The normalized spacial score (nSPS) is 10.8. The van der Waals surface area contributed by atoms with Gasteiger partial charge in [0.15, 0.2) is 6.61 Å². The molecule has 1 aromatic carbocycles. The number of hydrogen-bond acceptors (Lipinski definition) is 3. The Labute approximate surface area is 115 Å². The van der Waals surface area contributed by atoms with Crippen LogP contribution < -0.4 is 10.2 Å². The molecule has 19 heavy (non-hydrogen) atoms. The number of hydrogen-bond donors (Lipinski definition) is 1. The van der Waals surface area contributed by atoms with Gasteiger partial charge in [0.1, 0.15) is 5.75 Å². The fraction of sp³-hybridized carbons (Fsp3) is 0.533. The Morgan fingerprint density at radius 1 is 1.26 bits per heavy atom. The van der Waals surface area contributed by atoms with Crippen molar-refractivity contribution in [1.29, 1.82) is 0 Å². The zero-order chi connectivity index (χ0) is 14.3. The number of rotatable bonds is 7. The number of amides is 1. The Morgan fingerprint density at radius 2 is 2.00 bits per heavy atom. The fourth-order valence-electron chi connectivity index (χ4n) is 1.43.